The topological polar surface area (TPSA) is 71.4 Å². The Morgan fingerprint density at radius 3 is 2.62 bits per heavy atom. The number of ketones is 2. The maximum atomic E-state index is 15.1. The smallest absolute Gasteiger partial charge is 0.372 e. The number of halogens is 1. The molecule has 5 heteroatoms. The summed E-state index contributed by atoms with van der Waals surface area (Å²) >= 11 is 0. The molecule has 0 unspecified atom stereocenters. The number of fused-ring (bicyclic) bond motifs is 5. The van der Waals surface area contributed by atoms with Gasteiger partial charge in [-0.15, -0.1) is 0 Å². The first kappa shape index (κ1) is 17.6. The summed E-state index contributed by atoms with van der Waals surface area (Å²) in [6, 6.07) is 0. The maximum Gasteiger partial charge on any atom is 0.372 e. The average Bonchev–Trinajstić information content (AvgIpc) is 2.93. The molecule has 0 aliphatic heterocycles. The van der Waals surface area contributed by atoms with E-state index < -0.39 is 29.3 Å². The minimum Gasteiger partial charge on any atom is -0.475 e. The maximum absolute atomic E-state index is 15.1. The van der Waals surface area contributed by atoms with Crippen molar-refractivity contribution in [2.75, 3.05) is 0 Å². The third kappa shape index (κ3) is 2.21. The van der Waals surface area contributed by atoms with Crippen molar-refractivity contribution in [2.45, 2.75) is 52.1 Å². The molecule has 0 bridgehead atoms. The second kappa shape index (κ2) is 5.61. The number of aliphatic carboxylic acids is 1. The zero-order valence-electron chi connectivity index (χ0n) is 15.2. The molecule has 0 spiro atoms. The van der Waals surface area contributed by atoms with E-state index in [1.807, 2.05) is 19.9 Å². The summed E-state index contributed by atoms with van der Waals surface area (Å²) in [5.41, 5.74) is -0.208. The van der Waals surface area contributed by atoms with Crippen LogP contribution < -0.4 is 0 Å². The van der Waals surface area contributed by atoms with Crippen LogP contribution in [-0.2, 0) is 14.4 Å². The van der Waals surface area contributed by atoms with Gasteiger partial charge in [-0.25, -0.2) is 9.18 Å². The van der Waals surface area contributed by atoms with Gasteiger partial charge in [-0.05, 0) is 73.0 Å². The lowest BCUT2D eigenvalue weighted by Gasteiger charge is -2.57. The van der Waals surface area contributed by atoms with Crippen LogP contribution in [0, 0.1) is 34.5 Å². The molecule has 7 atom stereocenters. The van der Waals surface area contributed by atoms with Gasteiger partial charge in [-0.2, -0.15) is 0 Å². The van der Waals surface area contributed by atoms with Crippen molar-refractivity contribution in [1.29, 1.82) is 0 Å². The zero-order chi connectivity index (χ0) is 18.9. The van der Waals surface area contributed by atoms with Crippen LogP contribution in [0.2, 0.25) is 0 Å². The SMILES string of the molecule is C[C@]12CC[C@H]3[C@@H](C[C@H](F)C4=CC(=O)C=C[C@@]43C)[C@@H]1CC[C@@H]2C(=O)C(=O)O. The molecule has 4 nitrogen and oxygen atoms in total. The van der Waals surface area contributed by atoms with Gasteiger partial charge in [0.25, 0.3) is 0 Å². The van der Waals surface area contributed by atoms with Crippen LogP contribution in [0.15, 0.2) is 23.8 Å². The molecular weight excluding hydrogens is 335 g/mol. The highest BCUT2D eigenvalue weighted by Gasteiger charge is 2.61. The van der Waals surface area contributed by atoms with Gasteiger partial charge in [0.1, 0.15) is 6.17 Å². The molecule has 1 N–H and O–H groups in total. The summed E-state index contributed by atoms with van der Waals surface area (Å²) in [7, 11) is 0. The molecule has 4 aliphatic rings. The second-order valence-electron chi connectivity index (χ2n) is 9.04. The lowest BCUT2D eigenvalue weighted by atomic mass is 9.47. The van der Waals surface area contributed by atoms with Gasteiger partial charge in [0, 0.05) is 11.3 Å². The highest BCUT2D eigenvalue weighted by atomic mass is 19.1. The quantitative estimate of drug-likeness (QED) is 0.765. The highest BCUT2D eigenvalue weighted by Crippen LogP contribution is 2.66. The Morgan fingerprint density at radius 1 is 1.19 bits per heavy atom. The Kier molecular flexibility index (Phi) is 3.80. The summed E-state index contributed by atoms with van der Waals surface area (Å²) in [5, 5.41) is 9.18. The predicted octanol–water partition coefficient (Wildman–Crippen LogP) is 3.51. The number of Topliss-reactive ketones (excluding diaryl/α,β-unsaturated/α-hetero) is 1. The first-order valence-corrected chi connectivity index (χ1v) is 9.55. The highest BCUT2D eigenvalue weighted by molar-refractivity contribution is 6.33. The molecule has 4 aliphatic carbocycles. The van der Waals surface area contributed by atoms with E-state index in [-0.39, 0.29) is 29.0 Å². The number of allylic oxidation sites excluding steroid dienone is 4. The van der Waals surface area contributed by atoms with E-state index in [4.69, 9.17) is 0 Å². The third-order valence-corrected chi connectivity index (χ3v) is 8.06. The largest absolute Gasteiger partial charge is 0.475 e. The number of hydrogen-bond acceptors (Lipinski definition) is 3. The molecule has 4 rings (SSSR count). The van der Waals surface area contributed by atoms with Crippen molar-refractivity contribution in [3.8, 4) is 0 Å². The predicted molar refractivity (Wildman–Crippen MR) is 93.0 cm³/mol. The van der Waals surface area contributed by atoms with E-state index in [1.54, 1.807) is 6.08 Å². The van der Waals surface area contributed by atoms with E-state index in [2.05, 4.69) is 0 Å². The van der Waals surface area contributed by atoms with Gasteiger partial charge in [-0.1, -0.05) is 19.9 Å². The summed E-state index contributed by atoms with van der Waals surface area (Å²) in [5.74, 6) is -2.12. The average molecular weight is 360 g/mol. The van der Waals surface area contributed by atoms with Gasteiger partial charge in [-0.3, -0.25) is 9.59 Å². The lowest BCUT2D eigenvalue weighted by Crippen LogP contribution is -2.53. The van der Waals surface area contributed by atoms with E-state index >= 15 is 4.39 Å². The number of carboxylic acid groups (broad SMARTS) is 1. The standard InChI is InChI=1S/C21H25FO4/c1-20-8-6-14-12(13(20)3-4-15(20)18(24)19(25)26)10-17(22)16-9-11(23)5-7-21(14,16)2/h5,7,9,12-15,17H,3-4,6,8,10H2,1-2H3,(H,25,26)/t12-,13-,14-,15+,17-,20-,21+/m0/s1. The minimum absolute atomic E-state index is 0.121. The van der Waals surface area contributed by atoms with Crippen LogP contribution in [0.5, 0.6) is 0 Å². The molecule has 0 aromatic carbocycles. The van der Waals surface area contributed by atoms with Crippen molar-refractivity contribution in [3.05, 3.63) is 23.8 Å². The summed E-state index contributed by atoms with van der Waals surface area (Å²) in [6.45, 7) is 4.07. The number of carboxylic acids is 1. The summed E-state index contributed by atoms with van der Waals surface area (Å²) < 4.78 is 15.1. The first-order valence-electron chi connectivity index (χ1n) is 9.55. The van der Waals surface area contributed by atoms with Crippen LogP contribution in [-0.4, -0.2) is 28.8 Å². The molecule has 0 heterocycles. The molecule has 0 saturated heterocycles. The van der Waals surface area contributed by atoms with Crippen LogP contribution in [0.4, 0.5) is 4.39 Å². The van der Waals surface area contributed by atoms with E-state index in [0.29, 0.717) is 18.4 Å². The van der Waals surface area contributed by atoms with Crippen LogP contribution >= 0.6 is 0 Å². The van der Waals surface area contributed by atoms with Crippen molar-refractivity contribution < 1.29 is 23.9 Å². The van der Waals surface area contributed by atoms with Gasteiger partial charge in [0.2, 0.25) is 5.78 Å². The summed E-state index contributed by atoms with van der Waals surface area (Å²) in [4.78, 5) is 35.2. The molecule has 3 saturated carbocycles. The normalized spacial score (nSPS) is 46.8. The Labute approximate surface area is 152 Å². The summed E-state index contributed by atoms with van der Waals surface area (Å²) in [6.07, 6.45) is 7.12. The van der Waals surface area contributed by atoms with Gasteiger partial charge in [0.05, 0.1) is 0 Å². The minimum atomic E-state index is -1.35. The number of carbonyl (C=O) groups excluding carboxylic acids is 2. The molecular formula is C21H25FO4. The third-order valence-electron chi connectivity index (χ3n) is 8.06. The lowest BCUT2D eigenvalue weighted by molar-refractivity contribution is -0.154. The van der Waals surface area contributed by atoms with Crippen LogP contribution in [0.25, 0.3) is 0 Å². The number of carbonyl (C=O) groups is 3. The first-order chi connectivity index (χ1) is 12.2. The number of alkyl halides is 1. The van der Waals surface area contributed by atoms with Crippen molar-refractivity contribution in [3.63, 3.8) is 0 Å². The molecule has 0 radical (unpaired) electrons. The van der Waals surface area contributed by atoms with Crippen LogP contribution in [0.3, 0.4) is 0 Å². The van der Waals surface area contributed by atoms with Crippen LogP contribution in [0.1, 0.15) is 46.0 Å². The van der Waals surface area contributed by atoms with Gasteiger partial charge >= 0.3 is 5.97 Å². The molecule has 0 aromatic heterocycles. The van der Waals surface area contributed by atoms with E-state index in [9.17, 15) is 19.5 Å². The van der Waals surface area contributed by atoms with E-state index in [1.165, 1.54) is 6.08 Å². The van der Waals surface area contributed by atoms with E-state index in [0.717, 1.165) is 19.3 Å². The molecule has 3 fully saturated rings. The second-order valence-corrected chi connectivity index (χ2v) is 9.04. The molecule has 0 aromatic rings. The Balaban J connectivity index is 1.69. The number of hydrogen-bond donors (Lipinski definition) is 1. The fraction of sp³-hybridized carbons (Fsp3) is 0.667. The monoisotopic (exact) mass is 360 g/mol. The Morgan fingerprint density at radius 2 is 1.92 bits per heavy atom. The van der Waals surface area contributed by atoms with Crippen molar-refractivity contribution >= 4 is 17.5 Å². The molecule has 140 valence electrons. The Bertz CT molecular complexity index is 753. The van der Waals surface area contributed by atoms with Crippen molar-refractivity contribution in [1.82, 2.24) is 0 Å². The van der Waals surface area contributed by atoms with Gasteiger partial charge in [0.15, 0.2) is 5.78 Å². The molecule has 26 heavy (non-hydrogen) atoms. The fourth-order valence-corrected chi connectivity index (χ4v) is 6.78. The Hall–Kier alpha value is -1.78. The number of rotatable bonds is 2. The molecule has 0 amide bonds. The fourth-order valence-electron chi connectivity index (χ4n) is 6.78. The van der Waals surface area contributed by atoms with Gasteiger partial charge < -0.3 is 5.11 Å². The zero-order valence-corrected chi connectivity index (χ0v) is 15.2. The van der Waals surface area contributed by atoms with Crippen molar-refractivity contribution in [2.24, 2.45) is 34.5 Å².